The van der Waals surface area contributed by atoms with E-state index in [9.17, 15) is 4.79 Å². The highest BCUT2D eigenvalue weighted by Gasteiger charge is 2.49. The highest BCUT2D eigenvalue weighted by atomic mass is 35.5. The van der Waals surface area contributed by atoms with E-state index in [2.05, 4.69) is 22.3 Å². The van der Waals surface area contributed by atoms with Crippen molar-refractivity contribution in [3.05, 3.63) is 52.5 Å². The second-order valence-corrected chi connectivity index (χ2v) is 8.53. The van der Waals surface area contributed by atoms with E-state index in [-0.39, 0.29) is 11.6 Å². The van der Waals surface area contributed by atoms with E-state index in [1.54, 1.807) is 19.2 Å². The second kappa shape index (κ2) is 8.36. The van der Waals surface area contributed by atoms with Gasteiger partial charge in [-0.25, -0.2) is 0 Å². The fourth-order valence-electron chi connectivity index (χ4n) is 4.85. The van der Waals surface area contributed by atoms with Gasteiger partial charge in [-0.05, 0) is 55.9 Å². The number of ether oxygens (including phenoxy) is 2. The number of amides is 1. The van der Waals surface area contributed by atoms with Crippen LogP contribution in [0, 0.1) is 0 Å². The molecule has 7 heteroatoms. The maximum Gasteiger partial charge on any atom is 0.256 e. The van der Waals surface area contributed by atoms with E-state index in [1.165, 1.54) is 12.7 Å². The summed E-state index contributed by atoms with van der Waals surface area (Å²) in [6.07, 6.45) is 5.20. The standard InChI is InChI=1S/C23H28ClN3O3/c1-29-17-7-5-15(6-8-17)14-27-16-4-3-10-23(27,11-9-16)26-22(28)18-12-19(24)20(25)13-21(18)30-2/h5-8,12-13,16H,3-4,9-11,14,25H2,1-2H3,(H,26,28). The molecule has 2 saturated heterocycles. The maximum atomic E-state index is 13.3. The van der Waals surface area contributed by atoms with Crippen molar-refractivity contribution in [2.24, 2.45) is 0 Å². The summed E-state index contributed by atoms with van der Waals surface area (Å²) in [5, 5.41) is 3.69. The number of nitrogen functional groups attached to an aromatic ring is 1. The van der Waals surface area contributed by atoms with Gasteiger partial charge in [0, 0.05) is 18.7 Å². The Kier molecular flexibility index (Phi) is 5.80. The highest BCUT2D eigenvalue weighted by Crippen LogP contribution is 2.44. The summed E-state index contributed by atoms with van der Waals surface area (Å²) in [4.78, 5) is 15.7. The Morgan fingerprint density at radius 2 is 1.97 bits per heavy atom. The Hall–Kier alpha value is -2.44. The predicted octanol–water partition coefficient (Wildman–Crippen LogP) is 4.21. The first-order valence-corrected chi connectivity index (χ1v) is 10.7. The number of carbonyl (C=O) groups is 1. The molecular weight excluding hydrogens is 402 g/mol. The van der Waals surface area contributed by atoms with Crippen molar-refractivity contribution in [3.63, 3.8) is 0 Å². The van der Waals surface area contributed by atoms with Crippen LogP contribution in [0.4, 0.5) is 5.69 Å². The number of anilines is 1. The van der Waals surface area contributed by atoms with Crippen molar-refractivity contribution in [1.29, 1.82) is 0 Å². The van der Waals surface area contributed by atoms with Gasteiger partial charge in [-0.2, -0.15) is 0 Å². The molecular formula is C23H28ClN3O3. The number of fused-ring (bicyclic) bond motifs is 2. The van der Waals surface area contributed by atoms with Crippen molar-refractivity contribution in [2.45, 2.75) is 50.4 Å². The molecule has 4 rings (SSSR count). The lowest BCUT2D eigenvalue weighted by Crippen LogP contribution is -2.60. The highest BCUT2D eigenvalue weighted by molar-refractivity contribution is 6.33. The SMILES string of the molecule is COc1ccc(CN2C3CCCC2(NC(=O)c2cc(Cl)c(N)cc2OC)CC3)cc1. The van der Waals surface area contributed by atoms with E-state index in [0.29, 0.717) is 28.1 Å². The largest absolute Gasteiger partial charge is 0.497 e. The third-order valence-electron chi connectivity index (χ3n) is 6.43. The number of hydrogen-bond acceptors (Lipinski definition) is 5. The fraction of sp³-hybridized carbons (Fsp3) is 0.435. The lowest BCUT2D eigenvalue weighted by atomic mass is 9.95. The molecule has 2 bridgehead atoms. The third-order valence-corrected chi connectivity index (χ3v) is 6.76. The molecule has 6 nitrogen and oxygen atoms in total. The quantitative estimate of drug-likeness (QED) is 0.672. The maximum absolute atomic E-state index is 13.3. The van der Waals surface area contributed by atoms with E-state index in [1.807, 2.05) is 12.1 Å². The number of halogens is 1. The molecule has 2 unspecified atom stereocenters. The summed E-state index contributed by atoms with van der Waals surface area (Å²) in [5.41, 5.74) is 7.52. The van der Waals surface area contributed by atoms with Crippen molar-refractivity contribution < 1.29 is 14.3 Å². The number of nitrogens with two attached hydrogens (primary N) is 1. The molecule has 0 spiro atoms. The number of nitrogens with zero attached hydrogens (tertiary/aromatic N) is 1. The van der Waals surface area contributed by atoms with Gasteiger partial charge in [0.2, 0.25) is 0 Å². The third kappa shape index (κ3) is 3.82. The van der Waals surface area contributed by atoms with E-state index >= 15 is 0 Å². The summed E-state index contributed by atoms with van der Waals surface area (Å²) in [5.74, 6) is 1.09. The van der Waals surface area contributed by atoms with Crippen LogP contribution in [0.15, 0.2) is 36.4 Å². The van der Waals surface area contributed by atoms with Crippen LogP contribution in [0.1, 0.15) is 48.0 Å². The molecule has 2 aromatic carbocycles. The Balaban J connectivity index is 1.59. The van der Waals surface area contributed by atoms with E-state index in [4.69, 9.17) is 26.8 Å². The molecule has 0 aliphatic carbocycles. The number of carbonyl (C=O) groups excluding carboxylic acids is 1. The molecule has 0 saturated carbocycles. The van der Waals surface area contributed by atoms with Crippen LogP contribution in [0.3, 0.4) is 0 Å². The van der Waals surface area contributed by atoms with E-state index in [0.717, 1.165) is 44.4 Å². The van der Waals surface area contributed by atoms with Crippen molar-refractivity contribution in [1.82, 2.24) is 10.2 Å². The minimum absolute atomic E-state index is 0.184. The second-order valence-electron chi connectivity index (χ2n) is 8.12. The molecule has 30 heavy (non-hydrogen) atoms. The number of benzene rings is 2. The summed E-state index contributed by atoms with van der Waals surface area (Å²) < 4.78 is 10.7. The van der Waals surface area contributed by atoms with Gasteiger partial charge in [0.1, 0.15) is 11.5 Å². The number of piperidine rings is 1. The van der Waals surface area contributed by atoms with Crippen LogP contribution in [0.5, 0.6) is 11.5 Å². The summed E-state index contributed by atoms with van der Waals surface area (Å²) in [7, 11) is 3.20. The molecule has 0 aromatic heterocycles. The van der Waals surface area contributed by atoms with Crippen molar-refractivity contribution in [2.75, 3.05) is 20.0 Å². The average molecular weight is 430 g/mol. The summed E-state index contributed by atoms with van der Waals surface area (Å²) in [6, 6.07) is 11.8. The molecule has 2 aliphatic rings. The van der Waals surface area contributed by atoms with Gasteiger partial charge < -0.3 is 20.5 Å². The van der Waals surface area contributed by atoms with Crippen LogP contribution in [0.2, 0.25) is 5.02 Å². The van der Waals surface area contributed by atoms with Gasteiger partial charge in [0.05, 0.1) is 36.2 Å². The zero-order valence-corrected chi connectivity index (χ0v) is 18.2. The minimum Gasteiger partial charge on any atom is -0.497 e. The van der Waals surface area contributed by atoms with Gasteiger partial charge in [-0.15, -0.1) is 0 Å². The lowest BCUT2D eigenvalue weighted by molar-refractivity contribution is 0.0184. The monoisotopic (exact) mass is 429 g/mol. The van der Waals surface area contributed by atoms with Crippen LogP contribution in [-0.4, -0.2) is 36.7 Å². The van der Waals surface area contributed by atoms with Crippen LogP contribution in [0.25, 0.3) is 0 Å². The van der Waals surface area contributed by atoms with Crippen LogP contribution in [-0.2, 0) is 6.54 Å². The van der Waals surface area contributed by atoms with Crippen molar-refractivity contribution >= 4 is 23.2 Å². The molecule has 2 fully saturated rings. The molecule has 1 amide bonds. The molecule has 3 N–H and O–H groups in total. The van der Waals surface area contributed by atoms with Crippen LogP contribution < -0.4 is 20.5 Å². The summed E-state index contributed by atoms with van der Waals surface area (Å²) >= 11 is 6.19. The number of hydrogen-bond donors (Lipinski definition) is 2. The molecule has 2 heterocycles. The van der Waals surface area contributed by atoms with Gasteiger partial charge in [-0.1, -0.05) is 23.7 Å². The van der Waals surface area contributed by atoms with Crippen molar-refractivity contribution in [3.8, 4) is 11.5 Å². The Morgan fingerprint density at radius 3 is 2.67 bits per heavy atom. The topological polar surface area (TPSA) is 76.8 Å². The predicted molar refractivity (Wildman–Crippen MR) is 118 cm³/mol. The normalized spacial score (nSPS) is 23.2. The number of rotatable bonds is 6. The lowest BCUT2D eigenvalue weighted by Gasteiger charge is -2.45. The first-order chi connectivity index (χ1) is 14.5. The fourth-order valence-corrected chi connectivity index (χ4v) is 5.02. The van der Waals surface area contributed by atoms with Gasteiger partial charge in [0.15, 0.2) is 0 Å². The van der Waals surface area contributed by atoms with Gasteiger partial charge >= 0.3 is 0 Å². The van der Waals surface area contributed by atoms with Crippen LogP contribution >= 0.6 is 11.6 Å². The molecule has 2 aromatic rings. The Morgan fingerprint density at radius 1 is 1.20 bits per heavy atom. The Bertz CT molecular complexity index is 930. The minimum atomic E-state index is -0.362. The number of nitrogens with one attached hydrogen (secondary N) is 1. The zero-order chi connectivity index (χ0) is 21.3. The molecule has 0 radical (unpaired) electrons. The van der Waals surface area contributed by atoms with E-state index < -0.39 is 0 Å². The smallest absolute Gasteiger partial charge is 0.256 e. The summed E-state index contributed by atoms with van der Waals surface area (Å²) in [6.45, 7) is 0.786. The first kappa shape index (κ1) is 20.8. The zero-order valence-electron chi connectivity index (χ0n) is 17.4. The number of methoxy groups -OCH3 is 2. The molecule has 2 aliphatic heterocycles. The van der Waals surface area contributed by atoms with Gasteiger partial charge in [-0.3, -0.25) is 9.69 Å². The average Bonchev–Trinajstić information content (AvgIpc) is 2.93. The Labute approximate surface area is 182 Å². The molecule has 2 atom stereocenters. The first-order valence-electron chi connectivity index (χ1n) is 10.3. The molecule has 160 valence electrons. The van der Waals surface area contributed by atoms with Gasteiger partial charge in [0.25, 0.3) is 5.91 Å².